The van der Waals surface area contributed by atoms with Gasteiger partial charge in [-0.15, -0.1) is 0 Å². The molecule has 2 nitrogen and oxygen atoms in total. The third-order valence-electron chi connectivity index (χ3n) is 5.42. The third-order valence-corrected chi connectivity index (χ3v) is 6.11. The first-order valence-electron chi connectivity index (χ1n) is 8.42. The van der Waals surface area contributed by atoms with E-state index in [0.717, 1.165) is 12.0 Å². The minimum atomic E-state index is 0.367. The fourth-order valence-corrected chi connectivity index (χ4v) is 5.15. The molecule has 0 aromatic heterocycles. The van der Waals surface area contributed by atoms with Crippen molar-refractivity contribution in [2.45, 2.75) is 57.5 Å². The van der Waals surface area contributed by atoms with Gasteiger partial charge in [0.25, 0.3) is 0 Å². The van der Waals surface area contributed by atoms with Gasteiger partial charge in [0.1, 0.15) is 0 Å². The number of hydrogen-bond acceptors (Lipinski definition) is 2. The molecule has 0 amide bonds. The number of piperidine rings is 1. The Hall–Kier alpha value is -0.380. The topological polar surface area (TPSA) is 29.3 Å². The predicted molar refractivity (Wildman–Crippen MR) is 92.4 cm³/mol. The van der Waals surface area contributed by atoms with E-state index in [1.54, 1.807) is 0 Å². The van der Waals surface area contributed by atoms with Crippen LogP contribution in [0.15, 0.2) is 22.7 Å². The maximum atomic E-state index is 6.20. The highest BCUT2D eigenvalue weighted by atomic mass is 79.9. The Bertz CT molecular complexity index is 486. The summed E-state index contributed by atoms with van der Waals surface area (Å²) in [6.07, 6.45) is 8.37. The average molecular weight is 351 g/mol. The smallest absolute Gasteiger partial charge is 0.0484 e. The summed E-state index contributed by atoms with van der Waals surface area (Å²) in [5, 5.41) is 0. The SMILES string of the molecule is Cc1ccc(C(CN)N2CCCC3CCCCC32)c(Br)c1. The Morgan fingerprint density at radius 1 is 1.24 bits per heavy atom. The maximum Gasteiger partial charge on any atom is 0.0484 e. The number of likely N-dealkylation sites (tertiary alicyclic amines) is 1. The number of hydrogen-bond donors (Lipinski definition) is 1. The predicted octanol–water partition coefficient (Wildman–Crippen LogP) is 4.41. The van der Waals surface area contributed by atoms with Gasteiger partial charge >= 0.3 is 0 Å². The highest BCUT2D eigenvalue weighted by Crippen LogP contribution is 2.40. The van der Waals surface area contributed by atoms with Gasteiger partial charge in [-0.2, -0.15) is 0 Å². The lowest BCUT2D eigenvalue weighted by atomic mass is 9.77. The van der Waals surface area contributed by atoms with Gasteiger partial charge in [-0.3, -0.25) is 4.90 Å². The number of nitrogens with zero attached hydrogens (tertiary/aromatic N) is 1. The fraction of sp³-hybridized carbons (Fsp3) is 0.667. The number of benzene rings is 1. The summed E-state index contributed by atoms with van der Waals surface area (Å²) in [5.41, 5.74) is 8.87. The van der Waals surface area contributed by atoms with Crippen molar-refractivity contribution in [3.05, 3.63) is 33.8 Å². The zero-order valence-electron chi connectivity index (χ0n) is 13.0. The van der Waals surface area contributed by atoms with Crippen LogP contribution in [0.25, 0.3) is 0 Å². The molecule has 1 aliphatic carbocycles. The molecule has 0 spiro atoms. The first kappa shape index (κ1) is 15.5. The quantitative estimate of drug-likeness (QED) is 0.874. The molecule has 3 rings (SSSR count). The summed E-state index contributed by atoms with van der Waals surface area (Å²) in [6, 6.07) is 7.83. The van der Waals surface area contributed by atoms with E-state index in [1.807, 2.05) is 0 Å². The molecular weight excluding hydrogens is 324 g/mol. The summed E-state index contributed by atoms with van der Waals surface area (Å²) < 4.78 is 1.22. The number of aryl methyl sites for hydroxylation is 1. The van der Waals surface area contributed by atoms with Crippen LogP contribution < -0.4 is 5.73 Å². The Kier molecular flexibility index (Phi) is 5.03. The number of nitrogens with two attached hydrogens (primary N) is 1. The molecule has 21 heavy (non-hydrogen) atoms. The summed E-state index contributed by atoms with van der Waals surface area (Å²) in [6.45, 7) is 4.07. The normalized spacial score (nSPS) is 28.1. The second-order valence-corrected chi connectivity index (χ2v) is 7.62. The molecule has 0 bridgehead atoms. The van der Waals surface area contributed by atoms with Crippen LogP contribution in [0.3, 0.4) is 0 Å². The highest BCUT2D eigenvalue weighted by molar-refractivity contribution is 9.10. The van der Waals surface area contributed by atoms with E-state index in [9.17, 15) is 0 Å². The standard InChI is InChI=1S/C18H27BrN2/c1-13-8-9-15(16(19)11-13)18(12-20)21-10-4-6-14-5-2-3-7-17(14)21/h8-9,11,14,17-18H,2-7,10,12,20H2,1H3. The molecule has 3 unspecified atom stereocenters. The molecule has 3 heteroatoms. The number of fused-ring (bicyclic) bond motifs is 1. The van der Waals surface area contributed by atoms with Gasteiger partial charge in [-0.25, -0.2) is 0 Å². The summed E-state index contributed by atoms with van der Waals surface area (Å²) in [7, 11) is 0. The molecule has 1 heterocycles. The van der Waals surface area contributed by atoms with Crippen LogP contribution in [0.5, 0.6) is 0 Å². The monoisotopic (exact) mass is 350 g/mol. The Morgan fingerprint density at radius 3 is 2.76 bits per heavy atom. The molecule has 0 radical (unpaired) electrons. The maximum absolute atomic E-state index is 6.20. The van der Waals surface area contributed by atoms with Crippen molar-refractivity contribution in [2.75, 3.05) is 13.1 Å². The zero-order chi connectivity index (χ0) is 14.8. The van der Waals surface area contributed by atoms with Gasteiger partial charge in [0.2, 0.25) is 0 Å². The van der Waals surface area contributed by atoms with Crippen LogP contribution >= 0.6 is 15.9 Å². The van der Waals surface area contributed by atoms with Crippen molar-refractivity contribution < 1.29 is 0 Å². The lowest BCUT2D eigenvalue weighted by molar-refractivity contribution is 0.0274. The largest absolute Gasteiger partial charge is 0.329 e. The summed E-state index contributed by atoms with van der Waals surface area (Å²) in [4.78, 5) is 2.72. The van der Waals surface area contributed by atoms with Crippen molar-refractivity contribution in [3.8, 4) is 0 Å². The molecule has 2 aliphatic rings. The van der Waals surface area contributed by atoms with E-state index in [-0.39, 0.29) is 0 Å². The second-order valence-electron chi connectivity index (χ2n) is 6.77. The average Bonchev–Trinajstić information content (AvgIpc) is 2.50. The van der Waals surface area contributed by atoms with Gasteiger partial charge in [-0.05, 0) is 62.3 Å². The first-order valence-corrected chi connectivity index (χ1v) is 9.22. The minimum absolute atomic E-state index is 0.367. The number of halogens is 1. The molecule has 1 saturated carbocycles. The molecule has 1 saturated heterocycles. The molecule has 1 aromatic carbocycles. The van der Waals surface area contributed by atoms with Crippen molar-refractivity contribution in [1.29, 1.82) is 0 Å². The molecule has 2 fully saturated rings. The second kappa shape index (κ2) is 6.80. The van der Waals surface area contributed by atoms with E-state index in [2.05, 4.69) is 46.0 Å². The highest BCUT2D eigenvalue weighted by Gasteiger charge is 2.37. The summed E-state index contributed by atoms with van der Waals surface area (Å²) >= 11 is 3.76. The van der Waals surface area contributed by atoms with Gasteiger partial charge in [0, 0.05) is 23.1 Å². The zero-order valence-corrected chi connectivity index (χ0v) is 14.6. The molecule has 1 aliphatic heterocycles. The van der Waals surface area contributed by atoms with Crippen molar-refractivity contribution in [1.82, 2.24) is 4.90 Å². The van der Waals surface area contributed by atoms with Crippen molar-refractivity contribution >= 4 is 15.9 Å². The van der Waals surface area contributed by atoms with Gasteiger partial charge in [0.05, 0.1) is 0 Å². The lowest BCUT2D eigenvalue weighted by Gasteiger charge is -2.47. The van der Waals surface area contributed by atoms with Crippen LogP contribution in [-0.4, -0.2) is 24.0 Å². The minimum Gasteiger partial charge on any atom is -0.329 e. The molecule has 1 aromatic rings. The first-order chi connectivity index (χ1) is 10.2. The van der Waals surface area contributed by atoms with Gasteiger partial charge in [-0.1, -0.05) is 40.9 Å². The van der Waals surface area contributed by atoms with E-state index in [4.69, 9.17) is 5.73 Å². The van der Waals surface area contributed by atoms with Gasteiger partial charge < -0.3 is 5.73 Å². The molecule has 3 atom stereocenters. The number of rotatable bonds is 3. The fourth-order valence-electron chi connectivity index (χ4n) is 4.39. The van der Waals surface area contributed by atoms with Crippen molar-refractivity contribution in [2.24, 2.45) is 11.7 Å². The van der Waals surface area contributed by atoms with Crippen LogP contribution in [0.1, 0.15) is 55.7 Å². The Balaban J connectivity index is 1.87. The van der Waals surface area contributed by atoms with Crippen molar-refractivity contribution in [3.63, 3.8) is 0 Å². The Labute approximate surface area is 137 Å². The van der Waals surface area contributed by atoms with Crippen LogP contribution in [0, 0.1) is 12.8 Å². The van der Waals surface area contributed by atoms with Crippen LogP contribution in [0.4, 0.5) is 0 Å². The van der Waals surface area contributed by atoms with E-state index < -0.39 is 0 Å². The van der Waals surface area contributed by atoms with E-state index >= 15 is 0 Å². The molecular formula is C18H27BrN2. The molecule has 2 N–H and O–H groups in total. The van der Waals surface area contributed by atoms with Crippen LogP contribution in [-0.2, 0) is 0 Å². The lowest BCUT2D eigenvalue weighted by Crippen LogP contribution is -2.50. The van der Waals surface area contributed by atoms with E-state index in [1.165, 1.54) is 60.7 Å². The Morgan fingerprint density at radius 2 is 2.00 bits per heavy atom. The van der Waals surface area contributed by atoms with Crippen LogP contribution in [0.2, 0.25) is 0 Å². The van der Waals surface area contributed by atoms with E-state index in [0.29, 0.717) is 12.6 Å². The van der Waals surface area contributed by atoms with Gasteiger partial charge in [0.15, 0.2) is 0 Å². The molecule has 116 valence electrons. The summed E-state index contributed by atoms with van der Waals surface area (Å²) in [5.74, 6) is 0.908. The third kappa shape index (κ3) is 3.20.